The van der Waals surface area contributed by atoms with Crippen LogP contribution in [0.1, 0.15) is 53.9 Å². The molecule has 1 heteroatoms. The molecule has 1 unspecified atom stereocenters. The van der Waals surface area contributed by atoms with Crippen LogP contribution in [0, 0.1) is 38.0 Å². The molecule has 0 bridgehead atoms. The first kappa shape index (κ1) is 12.2. The van der Waals surface area contributed by atoms with Gasteiger partial charge in [0, 0.05) is 0 Å². The van der Waals surface area contributed by atoms with Crippen molar-refractivity contribution in [2.24, 2.45) is 5.92 Å². The topological polar surface area (TPSA) is 23.8 Å². The molecule has 0 saturated heterocycles. The quantitative estimate of drug-likeness (QED) is 0.734. The molecule has 0 amide bonds. The van der Waals surface area contributed by atoms with Crippen LogP contribution < -0.4 is 0 Å². The SMILES string of the molecule is Cc1cc(C)c(C(C#N)C2CCCC2)c(C)c1. The average Bonchev–Trinajstić information content (AvgIpc) is 2.76. The molecule has 0 radical (unpaired) electrons. The summed E-state index contributed by atoms with van der Waals surface area (Å²) in [4.78, 5) is 0. The van der Waals surface area contributed by atoms with Gasteiger partial charge in [0.1, 0.15) is 0 Å². The fraction of sp³-hybridized carbons (Fsp3) is 0.562. The molecule has 0 aromatic heterocycles. The lowest BCUT2D eigenvalue weighted by Crippen LogP contribution is -2.11. The molecule has 1 saturated carbocycles. The Bertz CT molecular complexity index is 424. The second-order valence-corrected chi connectivity index (χ2v) is 5.46. The van der Waals surface area contributed by atoms with Crippen LogP contribution in [0.15, 0.2) is 12.1 Å². The van der Waals surface area contributed by atoms with Crippen molar-refractivity contribution in [2.75, 3.05) is 0 Å². The van der Waals surface area contributed by atoms with Crippen molar-refractivity contribution in [3.63, 3.8) is 0 Å². The molecule has 17 heavy (non-hydrogen) atoms. The molecule has 0 heterocycles. The van der Waals surface area contributed by atoms with E-state index in [9.17, 15) is 5.26 Å². The van der Waals surface area contributed by atoms with E-state index in [-0.39, 0.29) is 5.92 Å². The van der Waals surface area contributed by atoms with Crippen molar-refractivity contribution in [1.82, 2.24) is 0 Å². The van der Waals surface area contributed by atoms with Crippen LogP contribution in [0.4, 0.5) is 0 Å². The Balaban J connectivity index is 2.40. The van der Waals surface area contributed by atoms with Gasteiger partial charge >= 0.3 is 0 Å². The minimum atomic E-state index is 0.109. The van der Waals surface area contributed by atoms with Crippen LogP contribution >= 0.6 is 0 Å². The fourth-order valence-electron chi connectivity index (χ4n) is 3.38. The first-order chi connectivity index (χ1) is 8.13. The van der Waals surface area contributed by atoms with Crippen LogP contribution in [0.5, 0.6) is 0 Å². The third kappa shape index (κ3) is 2.36. The number of rotatable bonds is 2. The number of benzene rings is 1. The van der Waals surface area contributed by atoms with Gasteiger partial charge in [0.25, 0.3) is 0 Å². The standard InChI is InChI=1S/C16H21N/c1-11-8-12(2)16(13(3)9-11)15(10-17)14-6-4-5-7-14/h8-9,14-15H,4-7H2,1-3H3. The smallest absolute Gasteiger partial charge is 0.0746 e. The van der Waals surface area contributed by atoms with E-state index in [1.807, 2.05) is 0 Å². The van der Waals surface area contributed by atoms with E-state index in [0.717, 1.165) is 0 Å². The summed E-state index contributed by atoms with van der Waals surface area (Å²) >= 11 is 0. The third-order valence-electron chi connectivity index (χ3n) is 4.06. The van der Waals surface area contributed by atoms with Gasteiger partial charge in [-0.25, -0.2) is 0 Å². The van der Waals surface area contributed by atoms with E-state index >= 15 is 0 Å². The lowest BCUT2D eigenvalue weighted by Gasteiger charge is -2.21. The molecule has 1 aromatic rings. The molecule has 1 aliphatic rings. The van der Waals surface area contributed by atoms with Gasteiger partial charge in [0.15, 0.2) is 0 Å². The van der Waals surface area contributed by atoms with Crippen LogP contribution in [-0.2, 0) is 0 Å². The van der Waals surface area contributed by atoms with Crippen LogP contribution in [-0.4, -0.2) is 0 Å². The minimum Gasteiger partial charge on any atom is -0.198 e. The largest absolute Gasteiger partial charge is 0.198 e. The minimum absolute atomic E-state index is 0.109. The van der Waals surface area contributed by atoms with E-state index in [4.69, 9.17) is 0 Å². The molecule has 0 spiro atoms. The molecule has 0 aliphatic heterocycles. The molecule has 1 nitrogen and oxygen atoms in total. The van der Waals surface area contributed by atoms with Gasteiger partial charge in [-0.1, -0.05) is 30.5 Å². The predicted octanol–water partition coefficient (Wildman–Crippen LogP) is 4.41. The highest BCUT2D eigenvalue weighted by Crippen LogP contribution is 2.39. The maximum Gasteiger partial charge on any atom is 0.0746 e. The maximum absolute atomic E-state index is 9.51. The Labute approximate surface area is 104 Å². The Morgan fingerprint density at radius 1 is 1.12 bits per heavy atom. The Morgan fingerprint density at radius 3 is 2.12 bits per heavy atom. The summed E-state index contributed by atoms with van der Waals surface area (Å²) in [7, 11) is 0. The van der Waals surface area contributed by atoms with Crippen molar-refractivity contribution in [1.29, 1.82) is 5.26 Å². The summed E-state index contributed by atoms with van der Waals surface area (Å²) in [5, 5.41) is 9.51. The molecule has 2 rings (SSSR count). The van der Waals surface area contributed by atoms with Crippen molar-refractivity contribution >= 4 is 0 Å². The monoisotopic (exact) mass is 227 g/mol. The lowest BCUT2D eigenvalue weighted by molar-refractivity contribution is 0.498. The molecule has 0 N–H and O–H groups in total. The van der Waals surface area contributed by atoms with Gasteiger partial charge in [-0.3, -0.25) is 0 Å². The van der Waals surface area contributed by atoms with E-state index in [0.29, 0.717) is 5.92 Å². The van der Waals surface area contributed by atoms with Crippen LogP contribution in [0.2, 0.25) is 0 Å². The molecule has 1 aromatic carbocycles. The Hall–Kier alpha value is -1.29. The van der Waals surface area contributed by atoms with Gasteiger partial charge in [-0.05, 0) is 56.2 Å². The summed E-state index contributed by atoms with van der Waals surface area (Å²) in [6.45, 7) is 6.42. The summed E-state index contributed by atoms with van der Waals surface area (Å²) in [6, 6.07) is 6.98. The van der Waals surface area contributed by atoms with Crippen LogP contribution in [0.3, 0.4) is 0 Å². The van der Waals surface area contributed by atoms with Gasteiger partial charge in [0.05, 0.1) is 12.0 Å². The highest BCUT2D eigenvalue weighted by Gasteiger charge is 2.28. The Morgan fingerprint density at radius 2 is 1.65 bits per heavy atom. The molecule has 1 aliphatic carbocycles. The summed E-state index contributed by atoms with van der Waals surface area (Å²) in [5.41, 5.74) is 5.18. The molecular formula is C16H21N. The zero-order valence-corrected chi connectivity index (χ0v) is 11.1. The third-order valence-corrected chi connectivity index (χ3v) is 4.06. The average molecular weight is 227 g/mol. The number of nitrogens with zero attached hydrogens (tertiary/aromatic N) is 1. The van der Waals surface area contributed by atoms with Crippen LogP contribution in [0.25, 0.3) is 0 Å². The van der Waals surface area contributed by atoms with Gasteiger partial charge in [-0.2, -0.15) is 5.26 Å². The van der Waals surface area contributed by atoms with E-state index in [1.165, 1.54) is 47.9 Å². The maximum atomic E-state index is 9.51. The molecular weight excluding hydrogens is 206 g/mol. The van der Waals surface area contributed by atoms with Crippen molar-refractivity contribution in [2.45, 2.75) is 52.4 Å². The second-order valence-electron chi connectivity index (χ2n) is 5.46. The van der Waals surface area contributed by atoms with E-state index in [2.05, 4.69) is 39.0 Å². The van der Waals surface area contributed by atoms with E-state index in [1.54, 1.807) is 0 Å². The highest BCUT2D eigenvalue weighted by molar-refractivity contribution is 5.42. The summed E-state index contributed by atoms with van der Waals surface area (Å²) in [5.74, 6) is 0.693. The number of hydrogen-bond donors (Lipinski definition) is 0. The van der Waals surface area contributed by atoms with Gasteiger partial charge in [-0.15, -0.1) is 0 Å². The molecule has 1 atom stereocenters. The lowest BCUT2D eigenvalue weighted by atomic mass is 9.81. The van der Waals surface area contributed by atoms with Crippen molar-refractivity contribution in [3.8, 4) is 6.07 Å². The summed E-state index contributed by atoms with van der Waals surface area (Å²) < 4.78 is 0. The van der Waals surface area contributed by atoms with Gasteiger partial charge in [0.2, 0.25) is 0 Å². The Kier molecular flexibility index (Phi) is 3.52. The first-order valence-corrected chi connectivity index (χ1v) is 6.61. The molecule has 1 fully saturated rings. The molecule has 90 valence electrons. The van der Waals surface area contributed by atoms with Crippen molar-refractivity contribution < 1.29 is 0 Å². The highest BCUT2D eigenvalue weighted by atomic mass is 14.4. The zero-order valence-electron chi connectivity index (χ0n) is 11.1. The summed E-state index contributed by atoms with van der Waals surface area (Å²) in [6.07, 6.45) is 5.05. The number of hydrogen-bond acceptors (Lipinski definition) is 1. The number of aryl methyl sites for hydroxylation is 3. The predicted molar refractivity (Wildman–Crippen MR) is 71.0 cm³/mol. The fourth-order valence-corrected chi connectivity index (χ4v) is 3.38. The second kappa shape index (κ2) is 4.92. The zero-order chi connectivity index (χ0) is 12.4. The van der Waals surface area contributed by atoms with Crippen molar-refractivity contribution in [3.05, 3.63) is 34.4 Å². The van der Waals surface area contributed by atoms with E-state index < -0.39 is 0 Å². The normalized spacial score (nSPS) is 18.0. The van der Waals surface area contributed by atoms with Gasteiger partial charge < -0.3 is 0 Å². The first-order valence-electron chi connectivity index (χ1n) is 6.61. The number of nitriles is 1.